The fourth-order valence-electron chi connectivity index (χ4n) is 3.05. The van der Waals surface area contributed by atoms with Gasteiger partial charge in [0.15, 0.2) is 0 Å². The third kappa shape index (κ3) is 3.19. The summed E-state index contributed by atoms with van der Waals surface area (Å²) in [4.78, 5) is 14.1. The maximum atomic E-state index is 12.2. The van der Waals surface area contributed by atoms with Crippen molar-refractivity contribution in [2.75, 3.05) is 19.6 Å². The molecule has 98 valence electrons. The summed E-state index contributed by atoms with van der Waals surface area (Å²) >= 11 is 0. The van der Waals surface area contributed by atoms with E-state index in [1.807, 2.05) is 4.90 Å². The highest BCUT2D eigenvalue weighted by atomic mass is 16.3. The van der Waals surface area contributed by atoms with Gasteiger partial charge in [-0.2, -0.15) is 0 Å². The first-order valence-corrected chi connectivity index (χ1v) is 6.86. The topological polar surface area (TPSA) is 52.6 Å². The zero-order valence-corrected chi connectivity index (χ0v) is 10.7. The quantitative estimate of drug-likeness (QED) is 0.765. The van der Waals surface area contributed by atoms with E-state index in [1.54, 1.807) is 6.92 Å². The Morgan fingerprint density at radius 2 is 2.12 bits per heavy atom. The molecule has 4 nitrogen and oxygen atoms in total. The fraction of sp³-hybridized carbons (Fsp3) is 0.923. The standard InChI is InChI=1S/C13H24N2O2/c1-10(16)12-3-2-8-15(12)13(17)9-11-4-6-14-7-5-11/h10-12,14,16H,2-9H2,1H3/t10-,12-/m1/s1. The van der Waals surface area contributed by atoms with Crippen molar-refractivity contribution < 1.29 is 9.90 Å². The van der Waals surface area contributed by atoms with Crippen LogP contribution in [-0.2, 0) is 4.79 Å². The lowest BCUT2D eigenvalue weighted by Crippen LogP contribution is -2.42. The van der Waals surface area contributed by atoms with E-state index in [4.69, 9.17) is 0 Å². The van der Waals surface area contributed by atoms with E-state index in [-0.39, 0.29) is 11.9 Å². The molecule has 2 heterocycles. The van der Waals surface area contributed by atoms with Gasteiger partial charge in [0.05, 0.1) is 12.1 Å². The summed E-state index contributed by atoms with van der Waals surface area (Å²) in [5.74, 6) is 0.791. The minimum absolute atomic E-state index is 0.0595. The third-order valence-corrected chi connectivity index (χ3v) is 4.10. The molecule has 2 aliphatic rings. The van der Waals surface area contributed by atoms with Gasteiger partial charge in [-0.25, -0.2) is 0 Å². The van der Waals surface area contributed by atoms with Gasteiger partial charge in [-0.05, 0) is 51.6 Å². The van der Waals surface area contributed by atoms with Crippen molar-refractivity contribution in [3.05, 3.63) is 0 Å². The molecule has 2 fully saturated rings. The zero-order chi connectivity index (χ0) is 12.3. The molecule has 0 aromatic heterocycles. The van der Waals surface area contributed by atoms with Crippen LogP contribution in [0, 0.1) is 5.92 Å². The summed E-state index contributed by atoms with van der Waals surface area (Å²) in [5.41, 5.74) is 0. The van der Waals surface area contributed by atoms with Crippen LogP contribution < -0.4 is 5.32 Å². The number of carbonyl (C=O) groups excluding carboxylic acids is 1. The molecule has 0 aromatic carbocycles. The number of amides is 1. The molecule has 0 unspecified atom stereocenters. The van der Waals surface area contributed by atoms with Gasteiger partial charge in [0.1, 0.15) is 0 Å². The van der Waals surface area contributed by atoms with Gasteiger partial charge in [0.2, 0.25) is 5.91 Å². The predicted molar refractivity (Wildman–Crippen MR) is 66.6 cm³/mol. The Balaban J connectivity index is 1.86. The number of piperidine rings is 1. The number of nitrogens with one attached hydrogen (secondary N) is 1. The van der Waals surface area contributed by atoms with E-state index < -0.39 is 6.10 Å². The summed E-state index contributed by atoms with van der Waals surface area (Å²) in [7, 11) is 0. The number of rotatable bonds is 3. The molecule has 2 saturated heterocycles. The normalized spacial score (nSPS) is 28.4. The van der Waals surface area contributed by atoms with Gasteiger partial charge < -0.3 is 15.3 Å². The Morgan fingerprint density at radius 1 is 1.41 bits per heavy atom. The Bertz CT molecular complexity index is 262. The number of hydrogen-bond acceptors (Lipinski definition) is 3. The Hall–Kier alpha value is -0.610. The van der Waals surface area contributed by atoms with Gasteiger partial charge in [-0.15, -0.1) is 0 Å². The summed E-state index contributed by atoms with van der Waals surface area (Å²) in [5, 5.41) is 13.0. The van der Waals surface area contributed by atoms with Crippen LogP contribution in [0.2, 0.25) is 0 Å². The molecule has 0 spiro atoms. The first kappa shape index (κ1) is 12.8. The molecule has 1 amide bonds. The molecule has 17 heavy (non-hydrogen) atoms. The number of nitrogens with zero attached hydrogens (tertiary/aromatic N) is 1. The third-order valence-electron chi connectivity index (χ3n) is 4.10. The first-order valence-electron chi connectivity index (χ1n) is 6.86. The molecule has 0 saturated carbocycles. The number of carbonyl (C=O) groups is 1. The van der Waals surface area contributed by atoms with Crippen LogP contribution in [0.15, 0.2) is 0 Å². The van der Waals surface area contributed by atoms with E-state index in [0.29, 0.717) is 12.3 Å². The summed E-state index contributed by atoms with van der Waals surface area (Å²) in [6.07, 6.45) is 4.49. The average Bonchev–Trinajstić information content (AvgIpc) is 2.79. The predicted octanol–water partition coefficient (Wildman–Crippen LogP) is 0.748. The number of hydrogen-bond donors (Lipinski definition) is 2. The maximum absolute atomic E-state index is 12.2. The minimum Gasteiger partial charge on any atom is -0.391 e. The minimum atomic E-state index is -0.394. The van der Waals surface area contributed by atoms with Crippen LogP contribution in [0.25, 0.3) is 0 Å². The molecule has 0 radical (unpaired) electrons. The second kappa shape index (κ2) is 5.83. The Kier molecular flexibility index (Phi) is 4.40. The van der Waals surface area contributed by atoms with Crippen LogP contribution in [0.3, 0.4) is 0 Å². The maximum Gasteiger partial charge on any atom is 0.223 e. The van der Waals surface area contributed by atoms with Crippen molar-refractivity contribution in [2.45, 2.75) is 51.2 Å². The van der Waals surface area contributed by atoms with Crippen LogP contribution >= 0.6 is 0 Å². The van der Waals surface area contributed by atoms with E-state index in [9.17, 15) is 9.90 Å². The van der Waals surface area contributed by atoms with Gasteiger partial charge in [0, 0.05) is 13.0 Å². The summed E-state index contributed by atoms with van der Waals surface area (Å²) < 4.78 is 0. The van der Waals surface area contributed by atoms with Crippen LogP contribution in [0.1, 0.15) is 39.0 Å². The largest absolute Gasteiger partial charge is 0.391 e. The zero-order valence-electron chi connectivity index (χ0n) is 10.7. The highest BCUT2D eigenvalue weighted by Crippen LogP contribution is 2.24. The van der Waals surface area contributed by atoms with Crippen LogP contribution in [-0.4, -0.2) is 47.7 Å². The van der Waals surface area contributed by atoms with Crippen molar-refractivity contribution >= 4 is 5.91 Å². The second-order valence-electron chi connectivity index (χ2n) is 5.43. The molecule has 0 aliphatic carbocycles. The molecule has 2 atom stereocenters. The smallest absolute Gasteiger partial charge is 0.223 e. The van der Waals surface area contributed by atoms with Gasteiger partial charge in [0.25, 0.3) is 0 Å². The summed E-state index contributed by atoms with van der Waals surface area (Å²) in [6, 6.07) is 0.0595. The highest BCUT2D eigenvalue weighted by molar-refractivity contribution is 5.77. The van der Waals surface area contributed by atoms with Gasteiger partial charge in [-0.1, -0.05) is 0 Å². The second-order valence-corrected chi connectivity index (χ2v) is 5.43. The van der Waals surface area contributed by atoms with Crippen LogP contribution in [0.4, 0.5) is 0 Å². The lowest BCUT2D eigenvalue weighted by molar-refractivity contribution is -0.135. The molecule has 0 aromatic rings. The van der Waals surface area contributed by atoms with E-state index in [0.717, 1.165) is 45.3 Å². The van der Waals surface area contributed by atoms with Crippen molar-refractivity contribution in [3.8, 4) is 0 Å². The average molecular weight is 240 g/mol. The molecule has 4 heteroatoms. The van der Waals surface area contributed by atoms with Crippen molar-refractivity contribution in [3.63, 3.8) is 0 Å². The first-order chi connectivity index (χ1) is 8.18. The number of aliphatic hydroxyl groups is 1. The highest BCUT2D eigenvalue weighted by Gasteiger charge is 2.32. The number of aliphatic hydroxyl groups excluding tert-OH is 1. The lowest BCUT2D eigenvalue weighted by atomic mass is 9.94. The van der Waals surface area contributed by atoms with E-state index in [2.05, 4.69) is 5.32 Å². The fourth-order valence-corrected chi connectivity index (χ4v) is 3.05. The molecule has 2 rings (SSSR count). The van der Waals surface area contributed by atoms with Crippen molar-refractivity contribution in [1.82, 2.24) is 10.2 Å². The van der Waals surface area contributed by atoms with Crippen LogP contribution in [0.5, 0.6) is 0 Å². The van der Waals surface area contributed by atoms with E-state index >= 15 is 0 Å². The molecule has 2 aliphatic heterocycles. The van der Waals surface area contributed by atoms with Gasteiger partial charge in [-0.3, -0.25) is 4.79 Å². The monoisotopic (exact) mass is 240 g/mol. The van der Waals surface area contributed by atoms with Crippen molar-refractivity contribution in [1.29, 1.82) is 0 Å². The molecule has 0 bridgehead atoms. The molecule has 2 N–H and O–H groups in total. The van der Waals surface area contributed by atoms with Crippen molar-refractivity contribution in [2.24, 2.45) is 5.92 Å². The van der Waals surface area contributed by atoms with Gasteiger partial charge >= 0.3 is 0 Å². The summed E-state index contributed by atoms with van der Waals surface area (Å²) in [6.45, 7) is 4.70. The molecular weight excluding hydrogens is 216 g/mol. The lowest BCUT2D eigenvalue weighted by Gasteiger charge is -2.29. The Labute approximate surface area is 103 Å². The SMILES string of the molecule is C[C@@H](O)[C@H]1CCCN1C(=O)CC1CCNCC1. The molecular formula is C13H24N2O2. The van der Waals surface area contributed by atoms with E-state index in [1.165, 1.54) is 0 Å². The Morgan fingerprint density at radius 3 is 2.76 bits per heavy atom. The number of likely N-dealkylation sites (tertiary alicyclic amines) is 1.